The minimum Gasteiger partial charge on any atom is -0.476 e. The molecule has 1 aliphatic carbocycles. The van der Waals surface area contributed by atoms with Gasteiger partial charge in [-0.25, -0.2) is 4.98 Å². The molecule has 0 unspecified atom stereocenters. The molecule has 0 atom stereocenters. The van der Waals surface area contributed by atoms with Gasteiger partial charge in [0.1, 0.15) is 6.61 Å². The lowest BCUT2D eigenvalue weighted by Crippen LogP contribution is -2.26. The number of rotatable bonds is 7. The quantitative estimate of drug-likeness (QED) is 0.772. The molecule has 4 nitrogen and oxygen atoms in total. The summed E-state index contributed by atoms with van der Waals surface area (Å²) in [4.78, 5) is 6.64. The van der Waals surface area contributed by atoms with E-state index >= 15 is 0 Å². The molecule has 0 amide bonds. The number of hydrogen-bond acceptors (Lipinski definition) is 4. The summed E-state index contributed by atoms with van der Waals surface area (Å²) in [7, 11) is 4.09. The van der Waals surface area contributed by atoms with Crippen LogP contribution >= 0.6 is 0 Å². The Labute approximate surface area is 103 Å². The van der Waals surface area contributed by atoms with Crippen LogP contribution < -0.4 is 10.1 Å². The highest BCUT2D eigenvalue weighted by molar-refractivity contribution is 5.25. The van der Waals surface area contributed by atoms with E-state index in [1.165, 1.54) is 12.8 Å². The smallest absolute Gasteiger partial charge is 0.217 e. The Bertz CT molecular complexity index is 352. The van der Waals surface area contributed by atoms with Gasteiger partial charge in [0.15, 0.2) is 0 Å². The van der Waals surface area contributed by atoms with Gasteiger partial charge in [0.2, 0.25) is 5.88 Å². The molecule has 0 aromatic carbocycles. The molecular weight excluding hydrogens is 214 g/mol. The monoisotopic (exact) mass is 235 g/mol. The van der Waals surface area contributed by atoms with E-state index in [2.05, 4.69) is 22.2 Å². The van der Waals surface area contributed by atoms with E-state index < -0.39 is 0 Å². The van der Waals surface area contributed by atoms with Gasteiger partial charge in [-0.2, -0.15) is 0 Å². The van der Waals surface area contributed by atoms with Crippen LogP contribution in [0.3, 0.4) is 0 Å². The molecule has 1 aromatic heterocycles. The van der Waals surface area contributed by atoms with Crippen LogP contribution in [0, 0.1) is 0 Å². The molecule has 1 saturated carbocycles. The third kappa shape index (κ3) is 3.68. The summed E-state index contributed by atoms with van der Waals surface area (Å²) in [6.45, 7) is 2.47. The maximum atomic E-state index is 5.75. The molecule has 94 valence electrons. The molecule has 2 rings (SSSR count). The molecule has 17 heavy (non-hydrogen) atoms. The van der Waals surface area contributed by atoms with Crippen molar-refractivity contribution in [3.63, 3.8) is 0 Å². The lowest BCUT2D eigenvalue weighted by molar-refractivity contribution is 0.225. The van der Waals surface area contributed by atoms with Gasteiger partial charge in [-0.3, -0.25) is 0 Å². The SMILES string of the molecule is CNCc1cccnc1OCCN(C)C1CC1. The number of nitrogens with one attached hydrogen (secondary N) is 1. The first-order valence-corrected chi connectivity index (χ1v) is 6.23. The van der Waals surface area contributed by atoms with Crippen LogP contribution in [-0.4, -0.2) is 43.2 Å². The Morgan fingerprint density at radius 2 is 2.35 bits per heavy atom. The van der Waals surface area contributed by atoms with Gasteiger partial charge in [-0.1, -0.05) is 6.07 Å². The Hall–Kier alpha value is -1.13. The van der Waals surface area contributed by atoms with Crippen molar-refractivity contribution in [3.05, 3.63) is 23.9 Å². The molecule has 1 heterocycles. The third-order valence-corrected chi connectivity index (χ3v) is 3.07. The first-order valence-electron chi connectivity index (χ1n) is 6.23. The van der Waals surface area contributed by atoms with E-state index in [4.69, 9.17) is 4.74 Å². The molecule has 0 aliphatic heterocycles. The Morgan fingerprint density at radius 3 is 3.06 bits per heavy atom. The lowest BCUT2D eigenvalue weighted by Gasteiger charge is -2.16. The van der Waals surface area contributed by atoms with E-state index in [0.29, 0.717) is 6.61 Å². The number of ether oxygens (including phenoxy) is 1. The zero-order chi connectivity index (χ0) is 12.1. The molecule has 0 saturated heterocycles. The number of pyridine rings is 1. The van der Waals surface area contributed by atoms with Gasteiger partial charge >= 0.3 is 0 Å². The summed E-state index contributed by atoms with van der Waals surface area (Å²) < 4.78 is 5.75. The molecule has 0 spiro atoms. The predicted octanol–water partition coefficient (Wildman–Crippen LogP) is 1.27. The van der Waals surface area contributed by atoms with Crippen molar-refractivity contribution in [2.24, 2.45) is 0 Å². The lowest BCUT2D eigenvalue weighted by atomic mass is 10.3. The van der Waals surface area contributed by atoms with Gasteiger partial charge in [-0.05, 0) is 33.0 Å². The second kappa shape index (κ2) is 5.98. The van der Waals surface area contributed by atoms with Crippen molar-refractivity contribution < 1.29 is 4.74 Å². The van der Waals surface area contributed by atoms with Crippen LogP contribution in [0.5, 0.6) is 5.88 Å². The largest absolute Gasteiger partial charge is 0.476 e. The maximum Gasteiger partial charge on any atom is 0.217 e. The van der Waals surface area contributed by atoms with Gasteiger partial charge in [-0.15, -0.1) is 0 Å². The standard InChI is InChI=1S/C13H21N3O/c1-14-10-11-4-3-7-15-13(11)17-9-8-16(2)12-5-6-12/h3-4,7,12,14H,5-6,8-10H2,1-2H3. The summed E-state index contributed by atoms with van der Waals surface area (Å²) in [5.41, 5.74) is 1.11. The Balaban J connectivity index is 1.80. The van der Waals surface area contributed by atoms with Gasteiger partial charge in [0, 0.05) is 30.9 Å². The van der Waals surface area contributed by atoms with Crippen LogP contribution in [0.15, 0.2) is 18.3 Å². The van der Waals surface area contributed by atoms with Crippen molar-refractivity contribution >= 4 is 0 Å². The van der Waals surface area contributed by atoms with Crippen molar-refractivity contribution in [2.75, 3.05) is 27.2 Å². The van der Waals surface area contributed by atoms with Crippen LogP contribution in [-0.2, 0) is 6.54 Å². The number of nitrogens with zero attached hydrogens (tertiary/aromatic N) is 2. The number of hydrogen-bond donors (Lipinski definition) is 1. The minimum absolute atomic E-state index is 0.709. The van der Waals surface area contributed by atoms with E-state index in [9.17, 15) is 0 Å². The fourth-order valence-corrected chi connectivity index (χ4v) is 1.86. The fourth-order valence-electron chi connectivity index (χ4n) is 1.86. The predicted molar refractivity (Wildman–Crippen MR) is 68.1 cm³/mol. The highest BCUT2D eigenvalue weighted by atomic mass is 16.5. The first-order chi connectivity index (χ1) is 8.31. The molecule has 1 aliphatic rings. The highest BCUT2D eigenvalue weighted by Crippen LogP contribution is 2.24. The third-order valence-electron chi connectivity index (χ3n) is 3.07. The molecule has 4 heteroatoms. The first kappa shape index (κ1) is 12.3. The molecule has 0 bridgehead atoms. The summed E-state index contributed by atoms with van der Waals surface area (Å²) in [5, 5.41) is 3.12. The van der Waals surface area contributed by atoms with Crippen molar-refractivity contribution in [1.29, 1.82) is 0 Å². The summed E-state index contributed by atoms with van der Waals surface area (Å²) in [6, 6.07) is 4.78. The molecule has 1 N–H and O–H groups in total. The fraction of sp³-hybridized carbons (Fsp3) is 0.615. The van der Waals surface area contributed by atoms with Crippen molar-refractivity contribution in [2.45, 2.75) is 25.4 Å². The maximum absolute atomic E-state index is 5.75. The van der Waals surface area contributed by atoms with E-state index in [1.54, 1.807) is 6.20 Å². The molecule has 1 aromatic rings. The zero-order valence-electron chi connectivity index (χ0n) is 10.6. The van der Waals surface area contributed by atoms with E-state index in [-0.39, 0.29) is 0 Å². The van der Waals surface area contributed by atoms with Crippen LogP contribution in [0.4, 0.5) is 0 Å². The van der Waals surface area contributed by atoms with Crippen molar-refractivity contribution in [3.8, 4) is 5.88 Å². The van der Waals surface area contributed by atoms with Crippen LogP contribution in [0.2, 0.25) is 0 Å². The summed E-state index contributed by atoms with van der Waals surface area (Å²) in [5.74, 6) is 0.756. The average Bonchev–Trinajstić information content (AvgIpc) is 3.15. The minimum atomic E-state index is 0.709. The normalized spacial score (nSPS) is 15.2. The van der Waals surface area contributed by atoms with E-state index in [1.807, 2.05) is 19.2 Å². The van der Waals surface area contributed by atoms with E-state index in [0.717, 1.165) is 30.6 Å². The van der Waals surface area contributed by atoms with Gasteiger partial charge in [0.25, 0.3) is 0 Å². The molecule has 0 radical (unpaired) electrons. The van der Waals surface area contributed by atoms with Crippen LogP contribution in [0.1, 0.15) is 18.4 Å². The Morgan fingerprint density at radius 1 is 1.53 bits per heavy atom. The average molecular weight is 235 g/mol. The van der Waals surface area contributed by atoms with Gasteiger partial charge < -0.3 is 15.0 Å². The number of likely N-dealkylation sites (N-methyl/N-ethyl adjacent to an activating group) is 1. The molecular formula is C13H21N3O. The summed E-state index contributed by atoms with van der Waals surface area (Å²) in [6.07, 6.45) is 4.45. The number of aromatic nitrogens is 1. The topological polar surface area (TPSA) is 37.4 Å². The van der Waals surface area contributed by atoms with Crippen molar-refractivity contribution in [1.82, 2.24) is 15.2 Å². The highest BCUT2D eigenvalue weighted by Gasteiger charge is 2.25. The van der Waals surface area contributed by atoms with Gasteiger partial charge in [0.05, 0.1) is 0 Å². The second-order valence-electron chi connectivity index (χ2n) is 4.56. The second-order valence-corrected chi connectivity index (χ2v) is 4.56. The Kier molecular flexibility index (Phi) is 4.34. The van der Waals surface area contributed by atoms with Crippen LogP contribution in [0.25, 0.3) is 0 Å². The zero-order valence-corrected chi connectivity index (χ0v) is 10.6. The molecule has 1 fully saturated rings. The summed E-state index contributed by atoms with van der Waals surface area (Å²) >= 11 is 0.